The summed E-state index contributed by atoms with van der Waals surface area (Å²) in [7, 11) is 0. The number of aliphatic hydroxyl groups is 1. The number of nitrogens with one attached hydrogen (secondary N) is 1. The molecule has 0 spiro atoms. The Morgan fingerprint density at radius 3 is 2.38 bits per heavy atom. The monoisotopic (exact) mass is 528 g/mol. The van der Waals surface area contributed by atoms with Crippen LogP contribution in [-0.4, -0.2) is 51.3 Å². The van der Waals surface area contributed by atoms with E-state index in [1.165, 1.54) is 6.07 Å². The first-order chi connectivity index (χ1) is 17.3. The van der Waals surface area contributed by atoms with E-state index in [-0.39, 0.29) is 18.8 Å². The molecule has 3 aromatic rings. The van der Waals surface area contributed by atoms with E-state index in [9.17, 15) is 45.8 Å². The molecular formula is C23H18F6N4O4. The lowest BCUT2D eigenvalue weighted by atomic mass is 10.1. The van der Waals surface area contributed by atoms with Crippen LogP contribution in [0.3, 0.4) is 0 Å². The van der Waals surface area contributed by atoms with Gasteiger partial charge in [0.15, 0.2) is 17.3 Å². The zero-order chi connectivity index (χ0) is 27.2. The Labute approximate surface area is 204 Å². The third-order valence-corrected chi connectivity index (χ3v) is 5.79. The minimum Gasteiger partial charge on any atom is -0.391 e. The van der Waals surface area contributed by atoms with Gasteiger partial charge in [0, 0.05) is 18.3 Å². The van der Waals surface area contributed by atoms with Gasteiger partial charge in [0.1, 0.15) is 28.9 Å². The number of carbonyl (C=O) groups excluding carboxylic acids is 2. The number of anilines is 1. The number of hydrogen-bond donors (Lipinski definition) is 2. The quantitative estimate of drug-likeness (QED) is 0.496. The standard InChI is InChI=1S/C23H18F6N4O4/c1-2-16(23(27,28)29)30-22(37)13-9-33(19-14(25)5-10(24)6-15(19)26)21-12(20(13)36)3-4-17(31-21)32-8-11(34)7-18(32)35/h3-6,9,11,16,34H,2,7-8H2,1H3,(H,30,37). The number of β-amino-alcohol motifs (C(OH)–C–C–N with tert-alkyl or cyclic N) is 1. The van der Waals surface area contributed by atoms with Crippen LogP contribution >= 0.6 is 0 Å². The number of halogens is 6. The van der Waals surface area contributed by atoms with Gasteiger partial charge in [-0.2, -0.15) is 13.2 Å². The maximum atomic E-state index is 14.7. The van der Waals surface area contributed by atoms with E-state index in [1.54, 1.807) is 5.32 Å². The van der Waals surface area contributed by atoms with E-state index in [4.69, 9.17) is 0 Å². The molecule has 0 aliphatic carbocycles. The number of fused-ring (bicyclic) bond motifs is 1. The summed E-state index contributed by atoms with van der Waals surface area (Å²) in [6, 6.07) is 0.585. The lowest BCUT2D eigenvalue weighted by Gasteiger charge is -2.21. The molecule has 2 amide bonds. The first-order valence-electron chi connectivity index (χ1n) is 10.9. The van der Waals surface area contributed by atoms with Crippen LogP contribution in [0.2, 0.25) is 0 Å². The second-order valence-corrected chi connectivity index (χ2v) is 8.34. The molecule has 8 nitrogen and oxygen atoms in total. The smallest absolute Gasteiger partial charge is 0.391 e. The van der Waals surface area contributed by atoms with Gasteiger partial charge >= 0.3 is 6.18 Å². The highest BCUT2D eigenvalue weighted by molar-refractivity contribution is 5.99. The van der Waals surface area contributed by atoms with Gasteiger partial charge in [-0.15, -0.1) is 0 Å². The van der Waals surface area contributed by atoms with Crippen molar-refractivity contribution < 1.29 is 41.0 Å². The molecule has 4 rings (SSSR count). The minimum atomic E-state index is -4.83. The summed E-state index contributed by atoms with van der Waals surface area (Å²) in [6.45, 7) is 1.000. The number of hydrogen-bond acceptors (Lipinski definition) is 5. The van der Waals surface area contributed by atoms with Gasteiger partial charge in [-0.25, -0.2) is 18.2 Å². The van der Waals surface area contributed by atoms with Gasteiger partial charge in [0.25, 0.3) is 5.91 Å². The molecule has 2 aromatic heterocycles. The molecule has 14 heteroatoms. The number of nitrogens with zero attached hydrogens (tertiary/aromatic N) is 3. The van der Waals surface area contributed by atoms with Crippen LogP contribution in [0.5, 0.6) is 0 Å². The van der Waals surface area contributed by atoms with Crippen molar-refractivity contribution >= 4 is 28.7 Å². The molecule has 0 radical (unpaired) electrons. The number of amides is 2. The van der Waals surface area contributed by atoms with Crippen LogP contribution in [0.4, 0.5) is 32.2 Å². The van der Waals surface area contributed by atoms with Crippen molar-refractivity contribution in [1.82, 2.24) is 14.9 Å². The summed E-state index contributed by atoms with van der Waals surface area (Å²) >= 11 is 0. The summed E-state index contributed by atoms with van der Waals surface area (Å²) in [4.78, 5) is 43.2. The van der Waals surface area contributed by atoms with Crippen LogP contribution in [0.25, 0.3) is 16.7 Å². The summed E-state index contributed by atoms with van der Waals surface area (Å²) in [5.41, 5.74) is -3.43. The Bertz CT molecular complexity index is 1450. The Hall–Kier alpha value is -3.94. The van der Waals surface area contributed by atoms with E-state index in [0.29, 0.717) is 22.9 Å². The first-order valence-corrected chi connectivity index (χ1v) is 10.9. The summed E-state index contributed by atoms with van der Waals surface area (Å²) in [6.07, 6.45) is -6.02. The van der Waals surface area contributed by atoms with Gasteiger partial charge in [-0.1, -0.05) is 6.92 Å². The zero-order valence-electron chi connectivity index (χ0n) is 18.9. The maximum absolute atomic E-state index is 14.7. The fraction of sp³-hybridized carbons (Fsp3) is 0.304. The molecule has 0 saturated carbocycles. The van der Waals surface area contributed by atoms with Crippen LogP contribution in [-0.2, 0) is 4.79 Å². The van der Waals surface area contributed by atoms with Crippen molar-refractivity contribution in [3.05, 3.63) is 63.7 Å². The second kappa shape index (κ2) is 9.50. The van der Waals surface area contributed by atoms with Crippen molar-refractivity contribution in [2.24, 2.45) is 0 Å². The number of aliphatic hydroxyl groups excluding tert-OH is 1. The second-order valence-electron chi connectivity index (χ2n) is 8.34. The van der Waals surface area contributed by atoms with E-state index in [1.807, 2.05) is 0 Å². The fourth-order valence-corrected chi connectivity index (χ4v) is 4.00. The average molecular weight is 528 g/mol. The van der Waals surface area contributed by atoms with Crippen LogP contribution in [0, 0.1) is 17.5 Å². The highest BCUT2D eigenvalue weighted by Crippen LogP contribution is 2.27. The van der Waals surface area contributed by atoms with Gasteiger partial charge in [0.05, 0.1) is 24.5 Å². The fourth-order valence-electron chi connectivity index (χ4n) is 4.00. The third-order valence-electron chi connectivity index (χ3n) is 5.79. The Morgan fingerprint density at radius 1 is 1.19 bits per heavy atom. The largest absolute Gasteiger partial charge is 0.408 e. The third kappa shape index (κ3) is 4.88. The molecule has 1 aliphatic heterocycles. The molecule has 2 N–H and O–H groups in total. The van der Waals surface area contributed by atoms with E-state index < -0.39 is 81.7 Å². The predicted molar refractivity (Wildman–Crippen MR) is 118 cm³/mol. The van der Waals surface area contributed by atoms with Gasteiger partial charge in [-0.3, -0.25) is 23.9 Å². The molecule has 1 fully saturated rings. The average Bonchev–Trinajstić information content (AvgIpc) is 3.14. The van der Waals surface area contributed by atoms with Gasteiger partial charge in [-0.05, 0) is 18.6 Å². The molecule has 37 heavy (non-hydrogen) atoms. The minimum absolute atomic E-state index is 0.106. The number of pyridine rings is 2. The molecule has 1 aromatic carbocycles. The van der Waals surface area contributed by atoms with Crippen molar-refractivity contribution in [2.45, 2.75) is 38.1 Å². The van der Waals surface area contributed by atoms with Gasteiger partial charge < -0.3 is 10.4 Å². The number of alkyl halides is 3. The van der Waals surface area contributed by atoms with Crippen molar-refractivity contribution in [1.29, 1.82) is 0 Å². The first kappa shape index (κ1) is 26.1. The van der Waals surface area contributed by atoms with Crippen molar-refractivity contribution in [2.75, 3.05) is 11.4 Å². The normalized spacial score (nSPS) is 16.9. The van der Waals surface area contributed by atoms with Crippen molar-refractivity contribution in [3.8, 4) is 5.69 Å². The lowest BCUT2D eigenvalue weighted by molar-refractivity contribution is -0.153. The Morgan fingerprint density at radius 2 is 1.84 bits per heavy atom. The molecular weight excluding hydrogens is 510 g/mol. The number of carbonyl (C=O) groups is 2. The summed E-state index contributed by atoms with van der Waals surface area (Å²) in [5.74, 6) is -6.30. The summed E-state index contributed by atoms with van der Waals surface area (Å²) < 4.78 is 83.2. The molecule has 2 atom stereocenters. The molecule has 3 heterocycles. The Balaban J connectivity index is 1.96. The highest BCUT2D eigenvalue weighted by Gasteiger charge is 2.40. The number of rotatable bonds is 5. The highest BCUT2D eigenvalue weighted by atomic mass is 19.4. The number of aromatic nitrogens is 2. The predicted octanol–water partition coefficient (Wildman–Crippen LogP) is 2.97. The number of benzene rings is 1. The molecule has 1 aliphatic rings. The Kier molecular flexibility index (Phi) is 6.71. The van der Waals surface area contributed by atoms with Crippen molar-refractivity contribution in [3.63, 3.8) is 0 Å². The SMILES string of the molecule is CCC(NC(=O)c1cn(-c2c(F)cc(F)cc2F)c2nc(N3CC(O)CC3=O)ccc2c1=O)C(F)(F)F. The molecule has 1 saturated heterocycles. The lowest BCUT2D eigenvalue weighted by Crippen LogP contribution is -2.46. The summed E-state index contributed by atoms with van der Waals surface area (Å²) in [5, 5.41) is 11.0. The van der Waals surface area contributed by atoms with Crippen LogP contribution in [0.15, 0.2) is 35.3 Å². The zero-order valence-corrected chi connectivity index (χ0v) is 18.9. The molecule has 196 valence electrons. The molecule has 0 bridgehead atoms. The van der Waals surface area contributed by atoms with E-state index in [2.05, 4.69) is 4.98 Å². The maximum Gasteiger partial charge on any atom is 0.408 e. The topological polar surface area (TPSA) is 105 Å². The van der Waals surface area contributed by atoms with E-state index >= 15 is 0 Å². The van der Waals surface area contributed by atoms with Crippen LogP contribution in [0.1, 0.15) is 30.1 Å². The molecule has 2 unspecified atom stereocenters. The van der Waals surface area contributed by atoms with Gasteiger partial charge in [0.2, 0.25) is 11.3 Å². The van der Waals surface area contributed by atoms with Crippen LogP contribution < -0.4 is 15.6 Å². The van der Waals surface area contributed by atoms with E-state index in [0.717, 1.165) is 17.9 Å².